The lowest BCUT2D eigenvalue weighted by molar-refractivity contribution is 0.630. The van der Waals surface area contributed by atoms with Crippen LogP contribution < -0.4 is 5.32 Å². The molecular formula is C14H11BrFN5. The smallest absolute Gasteiger partial charge is 0.254 e. The average Bonchev–Trinajstić information content (AvgIpc) is 3.09. The van der Waals surface area contributed by atoms with Crippen LogP contribution in [-0.2, 0) is 12.8 Å². The Labute approximate surface area is 128 Å². The Kier molecular flexibility index (Phi) is 2.88. The predicted molar refractivity (Wildman–Crippen MR) is 80.2 cm³/mol. The van der Waals surface area contributed by atoms with Gasteiger partial charge in [0.2, 0.25) is 0 Å². The van der Waals surface area contributed by atoms with Gasteiger partial charge in [0.05, 0.1) is 11.4 Å². The van der Waals surface area contributed by atoms with Crippen LogP contribution in [-0.4, -0.2) is 19.6 Å². The van der Waals surface area contributed by atoms with Crippen molar-refractivity contribution in [1.82, 2.24) is 19.6 Å². The van der Waals surface area contributed by atoms with E-state index in [9.17, 15) is 4.39 Å². The normalized spacial score (nSPS) is 13.6. The summed E-state index contributed by atoms with van der Waals surface area (Å²) >= 11 is 3.26. The van der Waals surface area contributed by atoms with E-state index in [1.54, 1.807) is 16.6 Å². The van der Waals surface area contributed by atoms with Crippen LogP contribution in [0.2, 0.25) is 0 Å². The van der Waals surface area contributed by atoms with Gasteiger partial charge in [0.15, 0.2) is 0 Å². The lowest BCUT2D eigenvalue weighted by Gasteiger charge is -2.13. The maximum atomic E-state index is 14.1. The van der Waals surface area contributed by atoms with Crippen molar-refractivity contribution in [3.8, 4) is 0 Å². The number of benzene rings is 1. The summed E-state index contributed by atoms with van der Waals surface area (Å²) in [5, 5.41) is 7.34. The molecule has 3 aromatic rings. The van der Waals surface area contributed by atoms with Crippen molar-refractivity contribution < 1.29 is 4.39 Å². The van der Waals surface area contributed by atoms with Crippen LogP contribution in [0.25, 0.3) is 5.78 Å². The SMILES string of the molecule is Fc1cc(Br)ccc1Nc1c2c(nc3ncnn13)CCC2. The lowest BCUT2D eigenvalue weighted by atomic mass is 10.2. The molecule has 2 heterocycles. The molecule has 0 fully saturated rings. The number of aryl methyl sites for hydroxylation is 1. The van der Waals surface area contributed by atoms with Crippen LogP contribution in [0.5, 0.6) is 0 Å². The van der Waals surface area contributed by atoms with E-state index in [-0.39, 0.29) is 5.82 Å². The Balaban J connectivity index is 1.88. The third-order valence-electron chi connectivity index (χ3n) is 3.64. The molecule has 0 aliphatic heterocycles. The molecule has 21 heavy (non-hydrogen) atoms. The van der Waals surface area contributed by atoms with Crippen LogP contribution >= 0.6 is 15.9 Å². The molecule has 0 radical (unpaired) electrons. The van der Waals surface area contributed by atoms with Crippen molar-refractivity contribution in [3.63, 3.8) is 0 Å². The number of rotatable bonds is 2. The number of nitrogens with one attached hydrogen (secondary N) is 1. The highest BCUT2D eigenvalue weighted by Crippen LogP contribution is 2.31. The maximum Gasteiger partial charge on any atom is 0.254 e. The highest BCUT2D eigenvalue weighted by molar-refractivity contribution is 9.10. The molecule has 0 atom stereocenters. The molecule has 1 aliphatic rings. The summed E-state index contributed by atoms with van der Waals surface area (Å²) in [6.45, 7) is 0. The Morgan fingerprint density at radius 2 is 2.19 bits per heavy atom. The zero-order valence-electron chi connectivity index (χ0n) is 11.0. The van der Waals surface area contributed by atoms with E-state index in [4.69, 9.17) is 0 Å². The molecule has 1 N–H and O–H groups in total. The van der Waals surface area contributed by atoms with Crippen LogP contribution in [0.3, 0.4) is 0 Å². The molecule has 0 unspecified atom stereocenters. The van der Waals surface area contributed by atoms with Gasteiger partial charge in [0, 0.05) is 10.0 Å². The van der Waals surface area contributed by atoms with Crippen molar-refractivity contribution in [2.24, 2.45) is 0 Å². The molecule has 4 rings (SSSR count). The zero-order chi connectivity index (χ0) is 14.4. The van der Waals surface area contributed by atoms with E-state index >= 15 is 0 Å². The molecule has 2 aromatic heterocycles. The molecule has 1 aliphatic carbocycles. The number of nitrogens with zero attached hydrogens (tertiary/aromatic N) is 4. The molecule has 0 bridgehead atoms. The summed E-state index contributed by atoms with van der Waals surface area (Å²) in [7, 11) is 0. The van der Waals surface area contributed by atoms with Crippen LogP contribution in [0.1, 0.15) is 17.7 Å². The van der Waals surface area contributed by atoms with Gasteiger partial charge >= 0.3 is 0 Å². The van der Waals surface area contributed by atoms with Gasteiger partial charge in [-0.2, -0.15) is 14.6 Å². The van der Waals surface area contributed by atoms with E-state index in [2.05, 4.69) is 36.3 Å². The molecule has 7 heteroatoms. The largest absolute Gasteiger partial charge is 0.337 e. The summed E-state index contributed by atoms with van der Waals surface area (Å²) in [6.07, 6.45) is 4.35. The molecule has 106 valence electrons. The molecule has 0 spiro atoms. The van der Waals surface area contributed by atoms with Gasteiger partial charge in [-0.1, -0.05) is 15.9 Å². The summed E-state index contributed by atoms with van der Waals surface area (Å²) in [5.41, 5.74) is 2.53. The van der Waals surface area contributed by atoms with Crippen molar-refractivity contribution in [3.05, 3.63) is 46.1 Å². The minimum atomic E-state index is -0.318. The lowest BCUT2D eigenvalue weighted by Crippen LogP contribution is -2.07. The van der Waals surface area contributed by atoms with Gasteiger partial charge < -0.3 is 5.32 Å². The first-order chi connectivity index (χ1) is 10.2. The van der Waals surface area contributed by atoms with Gasteiger partial charge in [-0.05, 0) is 37.5 Å². The van der Waals surface area contributed by atoms with Crippen molar-refractivity contribution in [1.29, 1.82) is 0 Å². The zero-order valence-corrected chi connectivity index (χ0v) is 12.6. The average molecular weight is 348 g/mol. The fourth-order valence-electron chi connectivity index (χ4n) is 2.67. The first-order valence-corrected chi connectivity index (χ1v) is 7.45. The fourth-order valence-corrected chi connectivity index (χ4v) is 3.00. The van der Waals surface area contributed by atoms with Gasteiger partial charge in [0.1, 0.15) is 18.0 Å². The summed E-state index contributed by atoms with van der Waals surface area (Å²) < 4.78 is 16.4. The Bertz CT molecular complexity index is 845. The van der Waals surface area contributed by atoms with Crippen LogP contribution in [0.4, 0.5) is 15.9 Å². The molecule has 0 saturated carbocycles. The first kappa shape index (κ1) is 12.7. The highest BCUT2D eigenvalue weighted by Gasteiger charge is 2.21. The third kappa shape index (κ3) is 2.08. The van der Waals surface area contributed by atoms with Crippen LogP contribution in [0, 0.1) is 5.82 Å². The van der Waals surface area contributed by atoms with Crippen molar-refractivity contribution in [2.45, 2.75) is 19.3 Å². The first-order valence-electron chi connectivity index (χ1n) is 6.66. The predicted octanol–water partition coefficient (Wildman–Crippen LogP) is 3.26. The number of fused-ring (bicyclic) bond motifs is 2. The number of hydrogen-bond acceptors (Lipinski definition) is 4. The standard InChI is InChI=1S/C14H11BrFN5/c15-8-4-5-12(10(16)6-8)19-13-9-2-1-3-11(9)20-14-17-7-18-21(13)14/h4-7,19H,1-3H2. The van der Waals surface area contributed by atoms with E-state index < -0.39 is 0 Å². The summed E-state index contributed by atoms with van der Waals surface area (Å²) in [5.74, 6) is 0.975. The summed E-state index contributed by atoms with van der Waals surface area (Å²) in [6, 6.07) is 4.93. The minimum Gasteiger partial charge on any atom is -0.337 e. The Hall–Kier alpha value is -2.02. The maximum absolute atomic E-state index is 14.1. The van der Waals surface area contributed by atoms with Gasteiger partial charge in [-0.25, -0.2) is 9.37 Å². The highest BCUT2D eigenvalue weighted by atomic mass is 79.9. The number of hydrogen-bond donors (Lipinski definition) is 1. The second-order valence-electron chi connectivity index (χ2n) is 4.96. The Morgan fingerprint density at radius 3 is 3.05 bits per heavy atom. The summed E-state index contributed by atoms with van der Waals surface area (Å²) in [4.78, 5) is 8.64. The van der Waals surface area contributed by atoms with Crippen molar-refractivity contribution >= 4 is 33.2 Å². The molecule has 0 amide bonds. The second-order valence-corrected chi connectivity index (χ2v) is 5.88. The topological polar surface area (TPSA) is 55.1 Å². The van der Waals surface area contributed by atoms with Gasteiger partial charge in [-0.3, -0.25) is 0 Å². The molecular weight excluding hydrogens is 337 g/mol. The van der Waals surface area contributed by atoms with Gasteiger partial charge in [0.25, 0.3) is 5.78 Å². The van der Waals surface area contributed by atoms with Gasteiger partial charge in [-0.15, -0.1) is 0 Å². The monoisotopic (exact) mass is 347 g/mol. The third-order valence-corrected chi connectivity index (χ3v) is 4.13. The molecule has 1 aromatic carbocycles. The second kappa shape index (κ2) is 4.77. The molecule has 0 saturated heterocycles. The van der Waals surface area contributed by atoms with E-state index in [0.29, 0.717) is 15.9 Å². The van der Waals surface area contributed by atoms with E-state index in [1.165, 1.54) is 12.4 Å². The number of halogens is 2. The Morgan fingerprint density at radius 1 is 1.29 bits per heavy atom. The number of anilines is 2. The molecule has 5 nitrogen and oxygen atoms in total. The number of aromatic nitrogens is 4. The van der Waals surface area contributed by atoms with Crippen molar-refractivity contribution in [2.75, 3.05) is 5.32 Å². The minimum absolute atomic E-state index is 0.318. The fraction of sp³-hybridized carbons (Fsp3) is 0.214. The van der Waals surface area contributed by atoms with Crippen LogP contribution in [0.15, 0.2) is 29.0 Å². The van der Waals surface area contributed by atoms with E-state index in [1.807, 2.05) is 0 Å². The quantitative estimate of drug-likeness (QED) is 0.772. The van der Waals surface area contributed by atoms with E-state index in [0.717, 1.165) is 36.3 Å².